The molecule has 0 radical (unpaired) electrons. The van der Waals surface area contributed by atoms with Crippen LogP contribution in [0, 0.1) is 5.41 Å². The van der Waals surface area contributed by atoms with E-state index in [-0.39, 0.29) is 44.6 Å². The van der Waals surface area contributed by atoms with E-state index in [9.17, 15) is 14.3 Å². The van der Waals surface area contributed by atoms with E-state index >= 15 is 0 Å². The average molecular weight is 618 g/mol. The number of aromatic nitrogens is 4. The van der Waals surface area contributed by atoms with Crippen LogP contribution >= 0.6 is 25.8 Å². The van der Waals surface area contributed by atoms with Crippen molar-refractivity contribution < 1.29 is 37.1 Å². The van der Waals surface area contributed by atoms with Crippen molar-refractivity contribution in [1.82, 2.24) is 29.7 Å². The summed E-state index contributed by atoms with van der Waals surface area (Å²) in [4.78, 5) is 45.2. The van der Waals surface area contributed by atoms with Crippen molar-refractivity contribution >= 4 is 72.8 Å². The standard InChI is InChI=1S/C18H21N9O8P2S2/c19-18-24-15-13(16(28)25-18)22-8-27(15)17-11-3-9(34-17)5-32-36(29,38)31-2-1-26-12(6-33-37(30,39)35-11)23-10-4-20-7-21-14(10)26/h4,7-9,11,13,17H,1-3,5-6H2,(H,29,38)(H,30,39)(H2,19,25,28)/t9-,11+,13?,17+,36?,37?/m0/s1. The largest absolute Gasteiger partial charge is 0.386 e. The van der Waals surface area contributed by atoms with Gasteiger partial charge in [-0.15, -0.1) is 0 Å². The molecule has 1 amide bonds. The van der Waals surface area contributed by atoms with Gasteiger partial charge in [0.2, 0.25) is 5.96 Å². The molecule has 3 N–H and O–H groups in total. The molecule has 0 aliphatic carbocycles. The van der Waals surface area contributed by atoms with Gasteiger partial charge in [-0.05, 0) is 11.8 Å². The molecule has 0 spiro atoms. The summed E-state index contributed by atoms with van der Waals surface area (Å²) in [7, 11) is 0. The molecule has 4 aliphatic heterocycles. The molecule has 4 aliphatic rings. The SMILES string of the molecule is N=C1N=C2C(N=CN2[C@@H]2O[C@@H]3COP(O)(=S)OCCn4c(nc5cncnc54)COP(=O)(S)O[C@@H]2C3)C(=O)N1. The zero-order valence-electron chi connectivity index (χ0n) is 19.8. The predicted molar refractivity (Wildman–Crippen MR) is 141 cm³/mol. The minimum absolute atomic E-state index is 0.0402. The molecule has 6 atom stereocenters. The van der Waals surface area contributed by atoms with Crippen molar-refractivity contribution in [3.63, 3.8) is 0 Å². The number of ether oxygens (including phenoxy) is 1. The Morgan fingerprint density at radius 1 is 1.31 bits per heavy atom. The van der Waals surface area contributed by atoms with Gasteiger partial charge < -0.3 is 23.2 Å². The van der Waals surface area contributed by atoms with Crippen molar-refractivity contribution in [3.05, 3.63) is 18.3 Å². The maximum absolute atomic E-state index is 13.4. The Labute approximate surface area is 230 Å². The molecule has 2 aromatic rings. The first-order valence-electron chi connectivity index (χ1n) is 11.5. The second-order valence-corrected chi connectivity index (χ2v) is 14.4. The van der Waals surface area contributed by atoms with E-state index in [4.69, 9.17) is 40.0 Å². The first-order valence-corrected chi connectivity index (χ1v) is 16.7. The zero-order valence-corrected chi connectivity index (χ0v) is 23.3. The molecule has 2 aromatic heterocycles. The Hall–Kier alpha value is -2.18. The Morgan fingerprint density at radius 2 is 2.15 bits per heavy atom. The van der Waals surface area contributed by atoms with Gasteiger partial charge in [0.05, 0.1) is 31.9 Å². The highest BCUT2D eigenvalue weighted by Crippen LogP contribution is 2.56. The second kappa shape index (κ2) is 10.3. The third kappa shape index (κ3) is 5.56. The predicted octanol–water partition coefficient (Wildman–Crippen LogP) is 0.320. The van der Waals surface area contributed by atoms with Crippen LogP contribution in [0.4, 0.5) is 0 Å². The highest BCUT2D eigenvalue weighted by molar-refractivity contribution is 8.44. The van der Waals surface area contributed by atoms with E-state index in [1.807, 2.05) is 0 Å². The smallest absolute Gasteiger partial charge is 0.349 e. The van der Waals surface area contributed by atoms with Crippen molar-refractivity contribution in [2.45, 2.75) is 44.1 Å². The lowest BCUT2D eigenvalue weighted by atomic mass is 10.1. The van der Waals surface area contributed by atoms with Crippen molar-refractivity contribution in [2.24, 2.45) is 9.98 Å². The van der Waals surface area contributed by atoms with Crippen LogP contribution in [-0.2, 0) is 57.1 Å². The molecule has 3 unspecified atom stereocenters. The van der Waals surface area contributed by atoms with Gasteiger partial charge in [-0.1, -0.05) is 12.2 Å². The molecule has 17 nitrogen and oxygen atoms in total. The van der Waals surface area contributed by atoms with Crippen molar-refractivity contribution in [1.29, 1.82) is 5.41 Å². The quantitative estimate of drug-likeness (QED) is 0.251. The minimum atomic E-state index is -4.03. The molecule has 208 valence electrons. The maximum atomic E-state index is 13.4. The van der Waals surface area contributed by atoms with Crippen LogP contribution in [0.1, 0.15) is 12.2 Å². The van der Waals surface area contributed by atoms with E-state index in [0.717, 1.165) is 0 Å². The lowest BCUT2D eigenvalue weighted by Crippen LogP contribution is -2.52. The number of carbonyl (C=O) groups excluding carboxylic acids is 1. The van der Waals surface area contributed by atoms with Crippen LogP contribution in [0.5, 0.6) is 0 Å². The van der Waals surface area contributed by atoms with Gasteiger partial charge in [0.25, 0.3) is 5.91 Å². The molecule has 21 heteroatoms. The number of carbonyl (C=O) groups is 1. The summed E-state index contributed by atoms with van der Waals surface area (Å²) in [6.45, 7) is -8.00. The number of imidazole rings is 1. The molecule has 1 saturated heterocycles. The topological polar surface area (TPSA) is 208 Å². The zero-order chi connectivity index (χ0) is 27.4. The normalized spacial score (nSPS) is 35.6. The summed E-state index contributed by atoms with van der Waals surface area (Å²) in [5.74, 6) is -0.414. The number of aliphatic imine (C=N–C) groups is 2. The van der Waals surface area contributed by atoms with Crippen LogP contribution in [0.2, 0.25) is 0 Å². The van der Waals surface area contributed by atoms with E-state index in [1.54, 1.807) is 4.57 Å². The van der Waals surface area contributed by atoms with E-state index in [1.165, 1.54) is 23.8 Å². The Kier molecular flexibility index (Phi) is 7.16. The Morgan fingerprint density at radius 3 is 3.00 bits per heavy atom. The second-order valence-electron chi connectivity index (χ2n) is 8.66. The number of nitrogens with one attached hydrogen (secondary N) is 2. The number of fused-ring (bicyclic) bond motifs is 6. The maximum Gasteiger partial charge on any atom is 0.386 e. The van der Waals surface area contributed by atoms with E-state index in [0.29, 0.717) is 17.0 Å². The summed E-state index contributed by atoms with van der Waals surface area (Å²) in [5, 5.41) is 10.1. The Bertz CT molecular complexity index is 1500. The molecular weight excluding hydrogens is 596 g/mol. The van der Waals surface area contributed by atoms with Crippen LogP contribution in [-0.4, -0.2) is 91.0 Å². The van der Waals surface area contributed by atoms with E-state index in [2.05, 4.69) is 42.5 Å². The molecule has 6 heterocycles. The third-order valence-electron chi connectivity index (χ3n) is 6.09. The van der Waals surface area contributed by atoms with Gasteiger partial charge in [0.15, 0.2) is 23.8 Å². The van der Waals surface area contributed by atoms with Gasteiger partial charge in [0.1, 0.15) is 30.4 Å². The van der Waals surface area contributed by atoms with Crippen LogP contribution in [0.15, 0.2) is 22.5 Å². The number of hydrogen-bond donors (Lipinski definition) is 4. The average Bonchev–Trinajstić information content (AvgIpc) is 3.56. The minimum Gasteiger partial charge on any atom is -0.349 e. The highest BCUT2D eigenvalue weighted by atomic mass is 32.7. The van der Waals surface area contributed by atoms with Crippen LogP contribution in [0.25, 0.3) is 11.2 Å². The fourth-order valence-corrected chi connectivity index (χ4v) is 7.02. The number of guanidine groups is 1. The molecule has 0 saturated carbocycles. The monoisotopic (exact) mass is 617 g/mol. The van der Waals surface area contributed by atoms with Crippen LogP contribution < -0.4 is 5.32 Å². The van der Waals surface area contributed by atoms with Crippen molar-refractivity contribution in [2.75, 3.05) is 13.2 Å². The number of amidine groups is 1. The first-order chi connectivity index (χ1) is 18.6. The molecule has 0 aromatic carbocycles. The summed E-state index contributed by atoms with van der Waals surface area (Å²) >= 11 is 9.33. The number of nitrogens with zero attached hydrogens (tertiary/aromatic N) is 7. The summed E-state index contributed by atoms with van der Waals surface area (Å²) in [6.07, 6.45) is 1.67. The lowest BCUT2D eigenvalue weighted by molar-refractivity contribution is -0.119. The number of rotatable bonds is 1. The van der Waals surface area contributed by atoms with Gasteiger partial charge in [-0.25, -0.2) is 19.5 Å². The third-order valence-corrected chi connectivity index (χ3v) is 9.33. The van der Waals surface area contributed by atoms with Gasteiger partial charge >= 0.3 is 13.5 Å². The molecule has 39 heavy (non-hydrogen) atoms. The fraction of sp³-hybridized carbons (Fsp3) is 0.500. The summed E-state index contributed by atoms with van der Waals surface area (Å²) in [5.41, 5.74) is 0.932. The molecule has 6 rings (SSSR count). The first kappa shape index (κ1) is 27.0. The van der Waals surface area contributed by atoms with Crippen LogP contribution in [0.3, 0.4) is 0 Å². The highest BCUT2D eigenvalue weighted by Gasteiger charge is 2.48. The molecule has 2 bridgehead atoms. The van der Waals surface area contributed by atoms with Gasteiger partial charge in [0, 0.05) is 13.0 Å². The van der Waals surface area contributed by atoms with Gasteiger partial charge in [-0.2, -0.15) is 4.99 Å². The summed E-state index contributed by atoms with van der Waals surface area (Å²) < 4.78 is 43.6. The number of amides is 1. The Balaban J connectivity index is 1.30. The fourth-order valence-electron chi connectivity index (χ4n) is 4.47. The van der Waals surface area contributed by atoms with Gasteiger partial charge in [-0.3, -0.25) is 34.5 Å². The summed E-state index contributed by atoms with van der Waals surface area (Å²) in [6, 6.07) is -0.983. The molecular formula is C18H21N9O8P2S2. The van der Waals surface area contributed by atoms with E-state index < -0.39 is 43.9 Å². The number of thiol groups is 1. The lowest BCUT2D eigenvalue weighted by Gasteiger charge is -2.30. The van der Waals surface area contributed by atoms with Crippen molar-refractivity contribution in [3.8, 4) is 0 Å². The molecule has 1 fully saturated rings. The number of hydrogen-bond acceptors (Lipinski definition) is 14.